The highest BCUT2D eigenvalue weighted by molar-refractivity contribution is 5.99. The third-order valence-corrected chi connectivity index (χ3v) is 6.49. The van der Waals surface area contributed by atoms with Crippen LogP contribution in [0.1, 0.15) is 45.2 Å². The van der Waals surface area contributed by atoms with Gasteiger partial charge in [-0.3, -0.25) is 19.1 Å². The molecule has 39 heavy (non-hydrogen) atoms. The van der Waals surface area contributed by atoms with Gasteiger partial charge in [0.1, 0.15) is 17.1 Å². The predicted octanol–water partition coefficient (Wildman–Crippen LogP) is 2.29. The fourth-order valence-electron chi connectivity index (χ4n) is 4.40. The summed E-state index contributed by atoms with van der Waals surface area (Å²) in [5, 5.41) is 13.3. The number of nitrogens with one attached hydrogen (secondary N) is 3. The number of benzene rings is 1. The minimum absolute atomic E-state index is 0.0625. The van der Waals surface area contributed by atoms with Crippen molar-refractivity contribution in [3.05, 3.63) is 60.1 Å². The zero-order chi connectivity index (χ0) is 28.1. The average Bonchev–Trinajstić information content (AvgIpc) is 3.41. The van der Waals surface area contributed by atoms with E-state index < -0.39 is 5.91 Å². The van der Waals surface area contributed by atoms with Crippen LogP contribution in [0.25, 0.3) is 0 Å². The summed E-state index contributed by atoms with van der Waals surface area (Å²) in [5.41, 5.74) is 7.95. The first-order chi connectivity index (χ1) is 18.7. The van der Waals surface area contributed by atoms with Crippen LogP contribution in [0.15, 0.2) is 43.4 Å². The molecule has 3 aromatic rings. The van der Waals surface area contributed by atoms with E-state index in [9.17, 15) is 14.4 Å². The molecule has 204 valence electrons. The molecule has 1 saturated heterocycles. The van der Waals surface area contributed by atoms with Crippen LogP contribution in [-0.4, -0.2) is 69.6 Å². The molecule has 1 aromatic carbocycles. The number of ether oxygens (including phenoxy) is 1. The number of hydrogen-bond donors (Lipinski definition) is 4. The lowest BCUT2D eigenvalue weighted by molar-refractivity contribution is -0.127. The van der Waals surface area contributed by atoms with Crippen LogP contribution in [0.2, 0.25) is 0 Å². The molecule has 3 amide bonds. The smallest absolute Gasteiger partial charge is 0.254 e. The molecule has 4 rings (SSSR count). The van der Waals surface area contributed by atoms with Crippen molar-refractivity contribution in [2.45, 2.75) is 25.8 Å². The van der Waals surface area contributed by atoms with Gasteiger partial charge in [0.2, 0.25) is 11.9 Å². The summed E-state index contributed by atoms with van der Waals surface area (Å²) >= 11 is 0. The van der Waals surface area contributed by atoms with Gasteiger partial charge in [-0.15, -0.1) is 0 Å². The molecule has 1 aliphatic rings. The number of aryl methyl sites for hydroxylation is 1. The maximum Gasteiger partial charge on any atom is 0.254 e. The van der Waals surface area contributed by atoms with Crippen LogP contribution in [0.5, 0.6) is 5.75 Å². The van der Waals surface area contributed by atoms with Crippen LogP contribution in [0.3, 0.4) is 0 Å². The molecule has 5 N–H and O–H groups in total. The van der Waals surface area contributed by atoms with Gasteiger partial charge in [0.05, 0.1) is 30.7 Å². The number of hydrogen-bond acceptors (Lipinski definition) is 9. The lowest BCUT2D eigenvalue weighted by Gasteiger charge is -2.31. The number of likely N-dealkylation sites (tertiary alicyclic amines) is 1. The molecular weight excluding hydrogens is 502 g/mol. The van der Waals surface area contributed by atoms with Crippen molar-refractivity contribution in [1.82, 2.24) is 30.0 Å². The highest BCUT2D eigenvalue weighted by Gasteiger charge is 2.23. The highest BCUT2D eigenvalue weighted by Crippen LogP contribution is 2.33. The number of piperidine rings is 1. The second-order valence-corrected chi connectivity index (χ2v) is 8.99. The fraction of sp³-hybridized carbons (Fsp3) is 0.308. The number of methoxy groups -OCH3 is 1. The minimum atomic E-state index is -0.711. The van der Waals surface area contributed by atoms with Crippen LogP contribution in [-0.2, 0) is 4.79 Å². The van der Waals surface area contributed by atoms with Crippen LogP contribution < -0.4 is 26.4 Å². The van der Waals surface area contributed by atoms with E-state index in [1.54, 1.807) is 37.2 Å². The van der Waals surface area contributed by atoms with Gasteiger partial charge in [0.25, 0.3) is 11.8 Å². The number of carbonyl (C=O) groups is 3. The van der Waals surface area contributed by atoms with E-state index >= 15 is 0 Å². The molecule has 0 unspecified atom stereocenters. The molecule has 0 bridgehead atoms. The van der Waals surface area contributed by atoms with Gasteiger partial charge in [-0.1, -0.05) is 6.58 Å². The first kappa shape index (κ1) is 27.1. The summed E-state index contributed by atoms with van der Waals surface area (Å²) in [7, 11) is 3.03. The number of primary amides is 1. The van der Waals surface area contributed by atoms with Crippen molar-refractivity contribution in [2.24, 2.45) is 5.73 Å². The quantitative estimate of drug-likeness (QED) is 0.301. The number of carbonyl (C=O) groups excluding carboxylic acids is 3. The molecule has 13 nitrogen and oxygen atoms in total. The van der Waals surface area contributed by atoms with Crippen molar-refractivity contribution in [3.8, 4) is 5.75 Å². The van der Waals surface area contributed by atoms with Crippen LogP contribution >= 0.6 is 0 Å². The summed E-state index contributed by atoms with van der Waals surface area (Å²) in [5.74, 6) is -0.262. The standard InChI is InChI=1S/C26H31N9O4/c1-5-21(36)34-8-6-18(7-9-34)35-14-17(12-30-35)31-26-29-13-19(23(27)37)24(33-26)32-22-15(2)10-16(25(38)28-3)11-20(22)39-4/h5,10-14,18H,1,6-9H2,2-4H3,(H2,27,37)(H,28,38)(H2,29,31,32,33). The summed E-state index contributed by atoms with van der Waals surface area (Å²) in [4.78, 5) is 46.6. The summed E-state index contributed by atoms with van der Waals surface area (Å²) in [6.07, 6.45) is 7.72. The molecule has 0 radical (unpaired) electrons. The average molecular weight is 534 g/mol. The number of rotatable bonds is 9. The Morgan fingerprint density at radius 1 is 1.18 bits per heavy atom. The molecule has 0 saturated carbocycles. The van der Waals surface area contributed by atoms with Crippen molar-refractivity contribution >= 4 is 40.9 Å². The van der Waals surface area contributed by atoms with Crippen molar-refractivity contribution in [1.29, 1.82) is 0 Å². The van der Waals surface area contributed by atoms with Gasteiger partial charge >= 0.3 is 0 Å². The largest absolute Gasteiger partial charge is 0.495 e. The summed E-state index contributed by atoms with van der Waals surface area (Å²) in [6.45, 7) is 6.62. The molecule has 13 heteroatoms. The molecule has 1 fully saturated rings. The molecule has 2 aromatic heterocycles. The third kappa shape index (κ3) is 5.98. The lowest BCUT2D eigenvalue weighted by atomic mass is 10.1. The van der Waals surface area contributed by atoms with Gasteiger partial charge < -0.3 is 31.3 Å². The Hall–Kier alpha value is -4.94. The number of anilines is 4. The normalized spacial score (nSPS) is 13.5. The van der Waals surface area contributed by atoms with Crippen LogP contribution in [0, 0.1) is 6.92 Å². The van der Waals surface area contributed by atoms with E-state index in [1.165, 1.54) is 19.4 Å². The van der Waals surface area contributed by atoms with Crippen molar-refractivity contribution in [3.63, 3.8) is 0 Å². The van der Waals surface area contributed by atoms with Gasteiger partial charge in [-0.05, 0) is 43.5 Å². The number of aromatic nitrogens is 4. The maximum absolute atomic E-state index is 12.1. The Morgan fingerprint density at radius 2 is 1.92 bits per heavy atom. The zero-order valence-electron chi connectivity index (χ0n) is 22.0. The number of nitrogens with two attached hydrogens (primary N) is 1. The van der Waals surface area contributed by atoms with E-state index in [2.05, 4.69) is 37.6 Å². The van der Waals surface area contributed by atoms with Crippen LogP contribution in [0.4, 0.5) is 23.1 Å². The van der Waals surface area contributed by atoms with E-state index in [4.69, 9.17) is 10.5 Å². The first-order valence-corrected chi connectivity index (χ1v) is 12.3. The lowest BCUT2D eigenvalue weighted by Crippen LogP contribution is -2.38. The number of amides is 3. The Labute approximate surface area is 225 Å². The first-order valence-electron chi connectivity index (χ1n) is 12.3. The molecule has 3 heterocycles. The topological polar surface area (TPSA) is 169 Å². The van der Waals surface area contributed by atoms with Crippen molar-refractivity contribution in [2.75, 3.05) is 37.9 Å². The number of nitrogens with zero attached hydrogens (tertiary/aromatic N) is 5. The Kier molecular flexibility index (Phi) is 8.08. The van der Waals surface area contributed by atoms with E-state index in [-0.39, 0.29) is 35.2 Å². The maximum atomic E-state index is 12.1. The highest BCUT2D eigenvalue weighted by atomic mass is 16.5. The second-order valence-electron chi connectivity index (χ2n) is 8.99. The van der Waals surface area contributed by atoms with E-state index in [0.717, 1.165) is 12.8 Å². The van der Waals surface area contributed by atoms with Crippen molar-refractivity contribution < 1.29 is 19.1 Å². The van der Waals surface area contributed by atoms with Gasteiger partial charge in [-0.2, -0.15) is 10.1 Å². The van der Waals surface area contributed by atoms with E-state index in [1.807, 2.05) is 10.9 Å². The van der Waals surface area contributed by atoms with E-state index in [0.29, 0.717) is 41.3 Å². The third-order valence-electron chi connectivity index (χ3n) is 6.49. The summed E-state index contributed by atoms with van der Waals surface area (Å²) in [6, 6.07) is 3.43. The molecule has 0 spiro atoms. The molecule has 0 aliphatic carbocycles. The summed E-state index contributed by atoms with van der Waals surface area (Å²) < 4.78 is 7.35. The molecular formula is C26H31N9O4. The fourth-order valence-corrected chi connectivity index (χ4v) is 4.40. The predicted molar refractivity (Wildman–Crippen MR) is 146 cm³/mol. The van der Waals surface area contributed by atoms with Gasteiger partial charge in [-0.25, -0.2) is 4.98 Å². The Bertz CT molecular complexity index is 1410. The Balaban J connectivity index is 1.54. The zero-order valence-corrected chi connectivity index (χ0v) is 22.0. The van der Waals surface area contributed by atoms with Gasteiger partial charge in [0, 0.05) is 38.1 Å². The monoisotopic (exact) mass is 533 g/mol. The molecule has 0 atom stereocenters. The molecule has 1 aliphatic heterocycles. The Morgan fingerprint density at radius 3 is 2.56 bits per heavy atom. The second kappa shape index (κ2) is 11.6. The van der Waals surface area contributed by atoms with Gasteiger partial charge in [0.15, 0.2) is 0 Å². The SMILES string of the molecule is C=CC(=O)N1CCC(n2cc(Nc3ncc(C(N)=O)c(Nc4c(C)cc(C(=O)NC)cc4OC)n3)cn2)CC1. The minimum Gasteiger partial charge on any atom is -0.495 e.